The summed E-state index contributed by atoms with van der Waals surface area (Å²) in [5.41, 5.74) is 5.68. The zero-order chi connectivity index (χ0) is 10.1. The molecule has 0 unspecified atom stereocenters. The van der Waals surface area contributed by atoms with E-state index in [0.717, 1.165) is 0 Å². The molecule has 0 aliphatic heterocycles. The van der Waals surface area contributed by atoms with Gasteiger partial charge in [0, 0.05) is 0 Å². The van der Waals surface area contributed by atoms with Crippen molar-refractivity contribution in [1.82, 2.24) is 0 Å². The SMILES string of the molecule is CC1=[C]([Hf])CC=C1c1ccc(C)cc1.Cl.Cl. The number of rotatable bonds is 1. The molecule has 16 heavy (non-hydrogen) atoms. The van der Waals surface area contributed by atoms with E-state index < -0.39 is 0 Å². The Bertz CT molecular complexity index is 416. The van der Waals surface area contributed by atoms with Gasteiger partial charge < -0.3 is 0 Å². The van der Waals surface area contributed by atoms with Gasteiger partial charge in [-0.25, -0.2) is 0 Å². The maximum atomic E-state index is 2.36. The molecule has 1 aliphatic rings. The molecule has 1 aromatic carbocycles. The second kappa shape index (κ2) is 6.78. The molecule has 0 amide bonds. The number of hydrogen-bond donors (Lipinski definition) is 0. The van der Waals surface area contributed by atoms with Crippen LogP contribution in [0.5, 0.6) is 0 Å². The number of allylic oxidation sites excluding steroid dienone is 4. The molecule has 0 radical (unpaired) electrons. The summed E-state index contributed by atoms with van der Waals surface area (Å²) in [5, 5.41) is 0. The second-order valence-electron chi connectivity index (χ2n) is 3.79. The Morgan fingerprint density at radius 1 is 1.00 bits per heavy atom. The Kier molecular flexibility index (Phi) is 6.84. The minimum Gasteiger partial charge on any atom is -0.147 e. The van der Waals surface area contributed by atoms with E-state index >= 15 is 0 Å². The fraction of sp³-hybridized carbons (Fsp3) is 0.231. The molecule has 85 valence electrons. The molecule has 0 heterocycles. The first kappa shape index (κ1) is 16.2. The van der Waals surface area contributed by atoms with Gasteiger partial charge in [0.2, 0.25) is 0 Å². The number of halogens is 2. The van der Waals surface area contributed by atoms with Crippen LogP contribution in [0.1, 0.15) is 24.5 Å². The van der Waals surface area contributed by atoms with Crippen molar-refractivity contribution in [2.24, 2.45) is 0 Å². The maximum absolute atomic E-state index is 2.36. The molecule has 0 fully saturated rings. The monoisotopic (exact) mass is 421 g/mol. The Hall–Kier alpha value is 0.150. The summed E-state index contributed by atoms with van der Waals surface area (Å²) in [7, 11) is 0. The summed E-state index contributed by atoms with van der Waals surface area (Å²) >= 11 is 1.20. The van der Waals surface area contributed by atoms with Crippen LogP contribution in [0.2, 0.25) is 0 Å². The third kappa shape index (κ3) is 3.32. The van der Waals surface area contributed by atoms with Crippen molar-refractivity contribution in [2.75, 3.05) is 0 Å². The normalized spacial score (nSPS) is 13.9. The van der Waals surface area contributed by atoms with Crippen molar-refractivity contribution in [3.63, 3.8) is 0 Å². The van der Waals surface area contributed by atoms with Crippen LogP contribution in [-0.4, -0.2) is 0 Å². The Morgan fingerprint density at radius 3 is 2.00 bits per heavy atom. The molecule has 3 heteroatoms. The van der Waals surface area contributed by atoms with Crippen molar-refractivity contribution < 1.29 is 24.4 Å². The van der Waals surface area contributed by atoms with E-state index in [1.54, 1.807) is 3.33 Å². The zero-order valence-corrected chi connectivity index (χ0v) is 14.6. The van der Waals surface area contributed by atoms with Crippen LogP contribution >= 0.6 is 24.8 Å². The van der Waals surface area contributed by atoms with Crippen molar-refractivity contribution >= 4 is 30.4 Å². The molecule has 1 aromatic rings. The Morgan fingerprint density at radius 2 is 1.56 bits per heavy atom. The fourth-order valence-corrected chi connectivity index (χ4v) is 2.59. The second-order valence-corrected chi connectivity index (χ2v) is 5.96. The molecular formula is C13H15Cl2Hf. The summed E-state index contributed by atoms with van der Waals surface area (Å²) in [6.45, 7) is 4.38. The van der Waals surface area contributed by atoms with Crippen LogP contribution in [-0.2, 0) is 24.4 Å². The van der Waals surface area contributed by atoms with Gasteiger partial charge in [0.05, 0.1) is 0 Å². The van der Waals surface area contributed by atoms with Gasteiger partial charge in [-0.1, -0.05) is 0 Å². The largest absolute Gasteiger partial charge is 0.147 e. The number of benzene rings is 1. The van der Waals surface area contributed by atoms with Crippen molar-refractivity contribution in [3.8, 4) is 0 Å². The van der Waals surface area contributed by atoms with Crippen molar-refractivity contribution in [3.05, 3.63) is 50.4 Å². The first-order valence-electron chi connectivity index (χ1n) is 4.87. The van der Waals surface area contributed by atoms with Crippen LogP contribution in [0.4, 0.5) is 0 Å². The van der Waals surface area contributed by atoms with Gasteiger partial charge in [0.25, 0.3) is 0 Å². The zero-order valence-electron chi connectivity index (χ0n) is 9.41. The molecular weight excluding hydrogens is 406 g/mol. The van der Waals surface area contributed by atoms with Crippen LogP contribution in [0, 0.1) is 6.92 Å². The summed E-state index contributed by atoms with van der Waals surface area (Å²) in [6.07, 6.45) is 3.55. The number of aryl methyl sites for hydroxylation is 1. The molecule has 0 N–H and O–H groups in total. The third-order valence-corrected chi connectivity index (χ3v) is 4.81. The van der Waals surface area contributed by atoms with E-state index in [0.29, 0.717) is 0 Å². The minimum absolute atomic E-state index is 0. The third-order valence-electron chi connectivity index (χ3n) is 2.73. The van der Waals surface area contributed by atoms with Gasteiger partial charge in [-0.15, -0.1) is 24.8 Å². The average Bonchev–Trinajstić information content (AvgIpc) is 2.50. The van der Waals surface area contributed by atoms with Crippen molar-refractivity contribution in [2.45, 2.75) is 20.3 Å². The summed E-state index contributed by atoms with van der Waals surface area (Å²) < 4.78 is 1.64. The van der Waals surface area contributed by atoms with E-state index in [1.165, 1.54) is 53.1 Å². The fourth-order valence-electron chi connectivity index (χ4n) is 1.74. The molecule has 0 saturated carbocycles. The summed E-state index contributed by atoms with van der Waals surface area (Å²) in [5.74, 6) is 0. The molecule has 0 aromatic heterocycles. The molecule has 0 bridgehead atoms. The first-order valence-corrected chi connectivity index (χ1v) is 6.67. The predicted octanol–water partition coefficient (Wildman–Crippen LogP) is 4.45. The van der Waals surface area contributed by atoms with Gasteiger partial charge >= 0.3 is 101 Å². The van der Waals surface area contributed by atoms with Gasteiger partial charge in [0.15, 0.2) is 0 Å². The molecule has 0 nitrogen and oxygen atoms in total. The summed E-state index contributed by atoms with van der Waals surface area (Å²) in [6, 6.07) is 8.83. The quantitative estimate of drug-likeness (QED) is 0.589. The van der Waals surface area contributed by atoms with E-state index in [4.69, 9.17) is 0 Å². The minimum atomic E-state index is 0. The first-order chi connectivity index (χ1) is 6.68. The van der Waals surface area contributed by atoms with Crippen LogP contribution in [0.15, 0.2) is 39.2 Å². The van der Waals surface area contributed by atoms with Crippen LogP contribution < -0.4 is 0 Å². The Labute approximate surface area is 125 Å². The molecule has 0 spiro atoms. The van der Waals surface area contributed by atoms with E-state index in [1.807, 2.05) is 0 Å². The van der Waals surface area contributed by atoms with Crippen LogP contribution in [0.3, 0.4) is 0 Å². The van der Waals surface area contributed by atoms with Gasteiger partial charge in [0.1, 0.15) is 0 Å². The van der Waals surface area contributed by atoms with Gasteiger partial charge in [-0.2, -0.15) is 0 Å². The van der Waals surface area contributed by atoms with Gasteiger partial charge in [-0.05, 0) is 0 Å². The van der Waals surface area contributed by atoms with Crippen LogP contribution in [0.25, 0.3) is 5.57 Å². The van der Waals surface area contributed by atoms with E-state index in [2.05, 4.69) is 44.2 Å². The maximum Gasteiger partial charge on any atom is -0.147 e. The smallest absolute Gasteiger partial charge is 0.147 e. The number of hydrogen-bond acceptors (Lipinski definition) is 0. The van der Waals surface area contributed by atoms with Crippen molar-refractivity contribution in [1.29, 1.82) is 0 Å². The molecule has 1 aliphatic carbocycles. The van der Waals surface area contributed by atoms with Gasteiger partial charge in [-0.3, -0.25) is 0 Å². The Balaban J connectivity index is 0.00000112. The molecule has 0 saturated heterocycles. The summed E-state index contributed by atoms with van der Waals surface area (Å²) in [4.78, 5) is 0. The molecule has 2 rings (SSSR count). The average molecular weight is 421 g/mol. The topological polar surface area (TPSA) is 0 Å². The molecule has 0 atom stereocenters. The predicted molar refractivity (Wildman–Crippen MR) is 71.0 cm³/mol. The standard InChI is InChI=1S/C13H13.2ClH.Hf/c1-10-6-8-12(9-7-10)13-5-3-4-11(13)2;;;/h5-9H,3H2,1-2H3;2*1H;. The van der Waals surface area contributed by atoms with E-state index in [9.17, 15) is 0 Å². The van der Waals surface area contributed by atoms with E-state index in [-0.39, 0.29) is 24.8 Å².